The summed E-state index contributed by atoms with van der Waals surface area (Å²) in [7, 11) is 0. The van der Waals surface area contributed by atoms with Crippen LogP contribution in [0.25, 0.3) is 16.8 Å². The summed E-state index contributed by atoms with van der Waals surface area (Å²) in [5.41, 5.74) is 1.26. The van der Waals surface area contributed by atoms with Crippen LogP contribution in [0.1, 0.15) is 12.5 Å². The lowest BCUT2D eigenvalue weighted by atomic mass is 10.1. The van der Waals surface area contributed by atoms with Crippen molar-refractivity contribution in [2.24, 2.45) is 0 Å². The molecule has 0 saturated carbocycles. The lowest BCUT2D eigenvalue weighted by Crippen LogP contribution is -1.89. The van der Waals surface area contributed by atoms with Crippen LogP contribution >= 0.6 is 11.8 Å². The van der Waals surface area contributed by atoms with Crippen molar-refractivity contribution in [2.75, 3.05) is 0 Å². The maximum Gasteiger partial charge on any atom is 0.0249 e. The van der Waals surface area contributed by atoms with E-state index < -0.39 is 0 Å². The summed E-state index contributed by atoms with van der Waals surface area (Å²) >= 11 is 1.88. The quantitative estimate of drug-likeness (QED) is 0.528. The molecule has 0 amide bonds. The second-order valence-electron chi connectivity index (χ2n) is 5.10. The van der Waals surface area contributed by atoms with Crippen LogP contribution in [0.15, 0.2) is 83.8 Å². The van der Waals surface area contributed by atoms with Gasteiger partial charge in [0.25, 0.3) is 0 Å². The number of rotatable bonds is 4. The van der Waals surface area contributed by atoms with E-state index in [0.29, 0.717) is 5.25 Å². The maximum atomic E-state index is 2.27. The SMILES string of the molecule is CC(/C=C/c1ccc2ccccc2c1)Sc1ccccc1. The van der Waals surface area contributed by atoms with E-state index in [1.165, 1.54) is 21.2 Å². The molecule has 1 atom stereocenters. The molecule has 0 heterocycles. The van der Waals surface area contributed by atoms with Gasteiger partial charge in [-0.1, -0.05) is 66.7 Å². The summed E-state index contributed by atoms with van der Waals surface area (Å²) in [4.78, 5) is 1.31. The Morgan fingerprint density at radius 1 is 0.810 bits per heavy atom. The van der Waals surface area contributed by atoms with Gasteiger partial charge < -0.3 is 0 Å². The van der Waals surface area contributed by atoms with Crippen molar-refractivity contribution in [1.29, 1.82) is 0 Å². The maximum absolute atomic E-state index is 2.27. The predicted molar refractivity (Wildman–Crippen MR) is 94.7 cm³/mol. The molecule has 0 fully saturated rings. The zero-order chi connectivity index (χ0) is 14.5. The molecule has 3 aromatic rings. The van der Waals surface area contributed by atoms with E-state index in [4.69, 9.17) is 0 Å². The Balaban J connectivity index is 1.72. The molecule has 1 unspecified atom stereocenters. The molecular weight excluding hydrogens is 272 g/mol. The van der Waals surface area contributed by atoms with Gasteiger partial charge in [-0.2, -0.15) is 0 Å². The van der Waals surface area contributed by atoms with Crippen LogP contribution in [-0.2, 0) is 0 Å². The van der Waals surface area contributed by atoms with Crippen molar-refractivity contribution in [3.05, 3.63) is 84.4 Å². The molecule has 0 spiro atoms. The van der Waals surface area contributed by atoms with Gasteiger partial charge in [-0.25, -0.2) is 0 Å². The van der Waals surface area contributed by atoms with Crippen molar-refractivity contribution < 1.29 is 0 Å². The Hall–Kier alpha value is -1.99. The second kappa shape index (κ2) is 6.64. The van der Waals surface area contributed by atoms with Gasteiger partial charge in [-0.3, -0.25) is 0 Å². The van der Waals surface area contributed by atoms with Crippen molar-refractivity contribution in [1.82, 2.24) is 0 Å². The molecule has 0 radical (unpaired) electrons. The molecule has 1 heteroatoms. The molecule has 0 N–H and O–H groups in total. The van der Waals surface area contributed by atoms with Gasteiger partial charge in [0.1, 0.15) is 0 Å². The van der Waals surface area contributed by atoms with Crippen molar-refractivity contribution >= 4 is 28.6 Å². The molecule has 0 aliphatic heterocycles. The Labute approximate surface area is 130 Å². The normalized spacial score (nSPS) is 12.8. The third kappa shape index (κ3) is 3.77. The van der Waals surface area contributed by atoms with E-state index >= 15 is 0 Å². The predicted octanol–water partition coefficient (Wildman–Crippen LogP) is 6.03. The van der Waals surface area contributed by atoms with Crippen molar-refractivity contribution in [3.63, 3.8) is 0 Å². The summed E-state index contributed by atoms with van der Waals surface area (Å²) in [6.07, 6.45) is 4.48. The first kappa shape index (κ1) is 14.0. The van der Waals surface area contributed by atoms with Gasteiger partial charge in [-0.05, 0) is 41.5 Å². The van der Waals surface area contributed by atoms with Gasteiger partial charge in [0.15, 0.2) is 0 Å². The molecule has 0 nitrogen and oxygen atoms in total. The fourth-order valence-electron chi connectivity index (χ4n) is 2.31. The fraction of sp³-hybridized carbons (Fsp3) is 0.100. The van der Waals surface area contributed by atoms with Crippen LogP contribution in [0.5, 0.6) is 0 Å². The van der Waals surface area contributed by atoms with E-state index in [9.17, 15) is 0 Å². The first-order valence-electron chi connectivity index (χ1n) is 7.20. The minimum atomic E-state index is 0.457. The average molecular weight is 290 g/mol. The van der Waals surface area contributed by atoms with Crippen LogP contribution in [0.2, 0.25) is 0 Å². The number of hydrogen-bond donors (Lipinski definition) is 0. The van der Waals surface area contributed by atoms with E-state index in [0.717, 1.165) is 0 Å². The minimum absolute atomic E-state index is 0.457. The highest BCUT2D eigenvalue weighted by Gasteiger charge is 2.00. The highest BCUT2D eigenvalue weighted by molar-refractivity contribution is 8.00. The van der Waals surface area contributed by atoms with Crippen LogP contribution < -0.4 is 0 Å². The third-order valence-electron chi connectivity index (χ3n) is 3.40. The highest BCUT2D eigenvalue weighted by atomic mass is 32.2. The van der Waals surface area contributed by atoms with E-state index in [-0.39, 0.29) is 0 Å². The molecule has 0 aliphatic rings. The summed E-state index contributed by atoms with van der Waals surface area (Å²) in [6.45, 7) is 2.23. The molecule has 0 aliphatic carbocycles. The smallest absolute Gasteiger partial charge is 0.0249 e. The number of benzene rings is 3. The zero-order valence-corrected chi connectivity index (χ0v) is 12.9. The van der Waals surface area contributed by atoms with Crippen LogP contribution in [0.4, 0.5) is 0 Å². The fourth-order valence-corrected chi connectivity index (χ4v) is 3.21. The monoisotopic (exact) mass is 290 g/mol. The Kier molecular flexibility index (Phi) is 4.42. The molecular formula is C20H18S. The average Bonchev–Trinajstić information content (AvgIpc) is 2.54. The van der Waals surface area contributed by atoms with Gasteiger partial charge in [0.2, 0.25) is 0 Å². The standard InChI is InChI=1S/C20H18S/c1-16(21-20-9-3-2-4-10-20)11-12-17-13-14-18-7-5-6-8-19(18)15-17/h2-16H,1H3/b12-11+. The summed E-state index contributed by atoms with van der Waals surface area (Å²) in [5.74, 6) is 0. The third-order valence-corrected chi connectivity index (χ3v) is 4.47. The Bertz CT molecular complexity index is 744. The molecule has 3 aromatic carbocycles. The van der Waals surface area contributed by atoms with Crippen LogP contribution in [0, 0.1) is 0 Å². The lowest BCUT2D eigenvalue weighted by Gasteiger charge is -2.06. The van der Waals surface area contributed by atoms with E-state index in [2.05, 4.69) is 91.9 Å². The van der Waals surface area contributed by atoms with Gasteiger partial charge in [-0.15, -0.1) is 11.8 Å². The van der Waals surface area contributed by atoms with Crippen LogP contribution in [-0.4, -0.2) is 5.25 Å². The van der Waals surface area contributed by atoms with Gasteiger partial charge >= 0.3 is 0 Å². The van der Waals surface area contributed by atoms with Gasteiger partial charge in [0, 0.05) is 10.1 Å². The lowest BCUT2D eigenvalue weighted by molar-refractivity contribution is 1.24. The van der Waals surface area contributed by atoms with E-state index in [1.807, 2.05) is 11.8 Å². The molecule has 0 saturated heterocycles. The van der Waals surface area contributed by atoms with Crippen LogP contribution in [0.3, 0.4) is 0 Å². The van der Waals surface area contributed by atoms with E-state index in [1.54, 1.807) is 0 Å². The topological polar surface area (TPSA) is 0 Å². The Morgan fingerprint density at radius 3 is 2.33 bits per heavy atom. The zero-order valence-electron chi connectivity index (χ0n) is 12.1. The summed E-state index contributed by atoms with van der Waals surface area (Å²) in [6, 6.07) is 25.6. The van der Waals surface area contributed by atoms with Crippen molar-refractivity contribution in [2.45, 2.75) is 17.1 Å². The molecule has 3 rings (SSSR count). The molecule has 21 heavy (non-hydrogen) atoms. The molecule has 0 aromatic heterocycles. The Morgan fingerprint density at radius 2 is 1.52 bits per heavy atom. The minimum Gasteiger partial charge on any atom is -0.119 e. The van der Waals surface area contributed by atoms with Crippen molar-refractivity contribution in [3.8, 4) is 0 Å². The second-order valence-corrected chi connectivity index (χ2v) is 6.55. The number of hydrogen-bond acceptors (Lipinski definition) is 1. The first-order chi connectivity index (χ1) is 10.3. The first-order valence-corrected chi connectivity index (χ1v) is 8.08. The number of thioether (sulfide) groups is 1. The summed E-state index contributed by atoms with van der Waals surface area (Å²) < 4.78 is 0. The molecule has 104 valence electrons. The summed E-state index contributed by atoms with van der Waals surface area (Å²) in [5, 5.41) is 3.04. The number of fused-ring (bicyclic) bond motifs is 1. The highest BCUT2D eigenvalue weighted by Crippen LogP contribution is 2.24. The largest absolute Gasteiger partial charge is 0.119 e. The van der Waals surface area contributed by atoms with Gasteiger partial charge in [0.05, 0.1) is 0 Å². The molecule has 0 bridgehead atoms.